The first-order valence-electron chi connectivity index (χ1n) is 5.76. The van der Waals surface area contributed by atoms with Crippen molar-refractivity contribution in [3.8, 4) is 0 Å². The van der Waals surface area contributed by atoms with Gasteiger partial charge in [0.1, 0.15) is 5.69 Å². The van der Waals surface area contributed by atoms with Gasteiger partial charge in [-0.25, -0.2) is 0 Å². The first-order chi connectivity index (χ1) is 9.43. The molecule has 1 aromatic carbocycles. The van der Waals surface area contributed by atoms with Gasteiger partial charge < -0.3 is 9.64 Å². The molecule has 8 heteroatoms. The van der Waals surface area contributed by atoms with E-state index in [2.05, 4.69) is 20.7 Å². The molecule has 1 aliphatic heterocycles. The minimum Gasteiger partial charge on any atom is -0.469 e. The van der Waals surface area contributed by atoms with E-state index < -0.39 is 16.8 Å². The van der Waals surface area contributed by atoms with Crippen LogP contribution in [0.25, 0.3) is 0 Å². The molecule has 7 nitrogen and oxygen atoms in total. The summed E-state index contributed by atoms with van der Waals surface area (Å²) in [6.45, 7) is 0.0912. The van der Waals surface area contributed by atoms with Crippen LogP contribution in [0.2, 0.25) is 0 Å². The Balaban J connectivity index is 2.35. The standard InChI is InChI=1S/C12H11BrN2O5/c1-20-12(17)7-4-11(16)14(6-7)9-3-2-8(13)5-10(9)15(18)19/h2-3,5,7H,4,6H2,1H3. The topological polar surface area (TPSA) is 89.8 Å². The van der Waals surface area contributed by atoms with Crippen LogP contribution in [0.4, 0.5) is 11.4 Å². The number of benzene rings is 1. The summed E-state index contributed by atoms with van der Waals surface area (Å²) in [5.41, 5.74) is 0.00726. The number of anilines is 1. The number of ether oxygens (including phenoxy) is 1. The number of nitro benzene ring substituents is 1. The van der Waals surface area contributed by atoms with Crippen LogP contribution in [0.3, 0.4) is 0 Å². The Labute approximate surface area is 122 Å². The zero-order chi connectivity index (χ0) is 14.9. The van der Waals surface area contributed by atoms with Crippen LogP contribution >= 0.6 is 15.9 Å². The number of nitrogens with zero attached hydrogens (tertiary/aromatic N) is 2. The van der Waals surface area contributed by atoms with Gasteiger partial charge in [-0.15, -0.1) is 0 Å². The Morgan fingerprint density at radius 3 is 2.85 bits per heavy atom. The number of carbonyl (C=O) groups excluding carboxylic acids is 2. The second-order valence-corrected chi connectivity index (χ2v) is 5.23. The molecule has 0 saturated carbocycles. The van der Waals surface area contributed by atoms with Gasteiger partial charge in [-0.1, -0.05) is 15.9 Å². The first kappa shape index (κ1) is 14.4. The van der Waals surface area contributed by atoms with Gasteiger partial charge in [-0.3, -0.25) is 19.7 Å². The fourth-order valence-electron chi connectivity index (χ4n) is 2.14. The lowest BCUT2D eigenvalue weighted by Gasteiger charge is -2.16. The highest BCUT2D eigenvalue weighted by molar-refractivity contribution is 9.10. The molecule has 0 bridgehead atoms. The van der Waals surface area contributed by atoms with Crippen LogP contribution in [0.1, 0.15) is 6.42 Å². The van der Waals surface area contributed by atoms with Gasteiger partial charge in [0, 0.05) is 23.5 Å². The van der Waals surface area contributed by atoms with E-state index in [1.54, 1.807) is 6.07 Å². The molecule has 1 amide bonds. The molecular formula is C12H11BrN2O5. The third kappa shape index (κ3) is 2.64. The summed E-state index contributed by atoms with van der Waals surface area (Å²) >= 11 is 3.15. The lowest BCUT2D eigenvalue weighted by Crippen LogP contribution is -2.26. The largest absolute Gasteiger partial charge is 0.469 e. The van der Waals surface area contributed by atoms with Crippen LogP contribution in [0.15, 0.2) is 22.7 Å². The Hall–Kier alpha value is -1.96. The minimum absolute atomic E-state index is 0.000108. The van der Waals surface area contributed by atoms with E-state index in [1.165, 1.54) is 24.1 Å². The zero-order valence-electron chi connectivity index (χ0n) is 10.5. The van der Waals surface area contributed by atoms with Gasteiger partial charge in [0.25, 0.3) is 5.69 Å². The highest BCUT2D eigenvalue weighted by Gasteiger charge is 2.38. The second-order valence-electron chi connectivity index (χ2n) is 4.32. The molecule has 1 fully saturated rings. The third-order valence-corrected chi connectivity index (χ3v) is 3.58. The summed E-state index contributed by atoms with van der Waals surface area (Å²) in [5, 5.41) is 11.1. The third-order valence-electron chi connectivity index (χ3n) is 3.08. The maximum atomic E-state index is 11.9. The number of esters is 1. The van der Waals surface area contributed by atoms with Crippen molar-refractivity contribution in [2.24, 2.45) is 5.92 Å². The van der Waals surface area contributed by atoms with Gasteiger partial charge in [0.15, 0.2) is 0 Å². The van der Waals surface area contributed by atoms with Crippen LogP contribution in [-0.2, 0) is 14.3 Å². The van der Waals surface area contributed by atoms with E-state index in [0.29, 0.717) is 4.47 Å². The predicted octanol–water partition coefficient (Wildman–Crippen LogP) is 1.88. The van der Waals surface area contributed by atoms with Crippen molar-refractivity contribution >= 4 is 39.2 Å². The molecule has 0 N–H and O–H groups in total. The Morgan fingerprint density at radius 2 is 2.25 bits per heavy atom. The Bertz CT molecular complexity index is 589. The molecule has 0 aromatic heterocycles. The molecule has 20 heavy (non-hydrogen) atoms. The number of carbonyl (C=O) groups is 2. The molecule has 1 unspecified atom stereocenters. The normalized spacial score (nSPS) is 18.2. The molecular weight excluding hydrogens is 332 g/mol. The first-order valence-corrected chi connectivity index (χ1v) is 6.55. The summed E-state index contributed by atoms with van der Waals surface area (Å²) in [5.74, 6) is -1.40. The number of amides is 1. The SMILES string of the molecule is COC(=O)C1CC(=O)N(c2ccc(Br)cc2[N+](=O)[O-])C1. The van der Waals surface area contributed by atoms with Gasteiger partial charge in [-0.05, 0) is 12.1 Å². The van der Waals surface area contributed by atoms with Crippen molar-refractivity contribution in [2.45, 2.75) is 6.42 Å². The molecule has 1 saturated heterocycles. The van der Waals surface area contributed by atoms with Crippen molar-refractivity contribution in [2.75, 3.05) is 18.6 Å². The molecule has 1 aliphatic rings. The van der Waals surface area contributed by atoms with Crippen molar-refractivity contribution in [3.63, 3.8) is 0 Å². The van der Waals surface area contributed by atoms with Gasteiger partial charge in [0.05, 0.1) is 18.0 Å². The molecule has 0 spiro atoms. The van der Waals surface area contributed by atoms with Gasteiger partial charge in [0.2, 0.25) is 5.91 Å². The number of hydrogen-bond donors (Lipinski definition) is 0. The average molecular weight is 343 g/mol. The summed E-state index contributed by atoms with van der Waals surface area (Å²) in [7, 11) is 1.25. The van der Waals surface area contributed by atoms with E-state index in [4.69, 9.17) is 0 Å². The maximum Gasteiger partial charge on any atom is 0.311 e. The van der Waals surface area contributed by atoms with Gasteiger partial charge >= 0.3 is 5.97 Å². The molecule has 0 radical (unpaired) electrons. The number of hydrogen-bond acceptors (Lipinski definition) is 5. The Kier molecular flexibility index (Phi) is 4.03. The monoisotopic (exact) mass is 342 g/mol. The number of nitro groups is 1. The molecule has 106 valence electrons. The zero-order valence-corrected chi connectivity index (χ0v) is 12.1. The minimum atomic E-state index is -0.587. The fourth-order valence-corrected chi connectivity index (χ4v) is 2.49. The Morgan fingerprint density at radius 1 is 1.55 bits per heavy atom. The molecule has 0 aliphatic carbocycles. The summed E-state index contributed by atoms with van der Waals surface area (Å²) in [4.78, 5) is 35.2. The van der Waals surface area contributed by atoms with Crippen LogP contribution in [-0.4, -0.2) is 30.5 Å². The highest BCUT2D eigenvalue weighted by atomic mass is 79.9. The second kappa shape index (κ2) is 5.58. The van der Waals surface area contributed by atoms with Crippen molar-refractivity contribution in [3.05, 3.63) is 32.8 Å². The quantitative estimate of drug-likeness (QED) is 0.475. The molecule has 1 heterocycles. The van der Waals surface area contributed by atoms with E-state index in [9.17, 15) is 19.7 Å². The maximum absolute atomic E-state index is 11.9. The average Bonchev–Trinajstić information content (AvgIpc) is 2.79. The lowest BCUT2D eigenvalue weighted by molar-refractivity contribution is -0.384. The van der Waals surface area contributed by atoms with Crippen LogP contribution in [0.5, 0.6) is 0 Å². The van der Waals surface area contributed by atoms with Crippen LogP contribution in [0, 0.1) is 16.0 Å². The smallest absolute Gasteiger partial charge is 0.311 e. The van der Waals surface area contributed by atoms with Gasteiger partial charge in [-0.2, -0.15) is 0 Å². The molecule has 2 rings (SSSR count). The summed E-state index contributed by atoms with van der Waals surface area (Å²) in [6.07, 6.45) is -0.000108. The summed E-state index contributed by atoms with van der Waals surface area (Å²) in [6, 6.07) is 4.43. The van der Waals surface area contributed by atoms with E-state index >= 15 is 0 Å². The lowest BCUT2D eigenvalue weighted by atomic mass is 10.1. The fraction of sp³-hybridized carbons (Fsp3) is 0.333. The van der Waals surface area contributed by atoms with E-state index in [1.807, 2.05) is 0 Å². The van der Waals surface area contributed by atoms with Crippen molar-refractivity contribution in [1.82, 2.24) is 0 Å². The molecule has 1 aromatic rings. The van der Waals surface area contributed by atoms with Crippen molar-refractivity contribution in [1.29, 1.82) is 0 Å². The predicted molar refractivity (Wildman–Crippen MR) is 73.3 cm³/mol. The van der Waals surface area contributed by atoms with E-state index in [0.717, 1.165) is 0 Å². The van der Waals surface area contributed by atoms with E-state index in [-0.39, 0.29) is 30.2 Å². The number of methoxy groups -OCH3 is 1. The van der Waals surface area contributed by atoms with Crippen LogP contribution < -0.4 is 4.90 Å². The number of halogens is 1. The van der Waals surface area contributed by atoms with Crippen molar-refractivity contribution < 1.29 is 19.2 Å². The highest BCUT2D eigenvalue weighted by Crippen LogP contribution is 2.35. The molecule has 1 atom stereocenters. The number of rotatable bonds is 3. The summed E-state index contributed by atoms with van der Waals surface area (Å²) < 4.78 is 5.15.